The van der Waals surface area contributed by atoms with Crippen molar-refractivity contribution in [3.05, 3.63) is 59.6 Å². The molecule has 2 atom stereocenters. The van der Waals surface area contributed by atoms with Gasteiger partial charge in [-0.05, 0) is 49.4 Å². The van der Waals surface area contributed by atoms with Gasteiger partial charge in [0.1, 0.15) is 0 Å². The summed E-state index contributed by atoms with van der Waals surface area (Å²) in [5.41, 5.74) is 8.41. The Bertz CT molecular complexity index is 888. The van der Waals surface area contributed by atoms with Crippen LogP contribution in [0.3, 0.4) is 0 Å². The zero-order chi connectivity index (χ0) is 18.1. The highest BCUT2D eigenvalue weighted by atomic mass is 32.1. The summed E-state index contributed by atoms with van der Waals surface area (Å²) in [4.78, 5) is 16.1. The van der Waals surface area contributed by atoms with Crippen molar-refractivity contribution in [1.82, 2.24) is 14.7 Å². The Hall–Kier alpha value is -2.44. The molecule has 1 aromatic carbocycles. The number of likely N-dealkylation sites (tertiary alicyclic amines) is 1. The molecule has 134 valence electrons. The van der Waals surface area contributed by atoms with Crippen LogP contribution >= 0.6 is 11.3 Å². The molecular formula is C20H22N4OS. The third-order valence-corrected chi connectivity index (χ3v) is 5.77. The molecule has 0 radical (unpaired) electrons. The fourth-order valence-corrected chi connectivity index (χ4v) is 4.24. The predicted octanol–water partition coefficient (Wildman–Crippen LogP) is 3.55. The van der Waals surface area contributed by atoms with Gasteiger partial charge in [0.15, 0.2) is 5.69 Å². The van der Waals surface area contributed by atoms with Gasteiger partial charge in [-0.3, -0.25) is 4.79 Å². The van der Waals surface area contributed by atoms with Gasteiger partial charge >= 0.3 is 0 Å². The minimum Gasteiger partial charge on any atom is -0.334 e. The summed E-state index contributed by atoms with van der Waals surface area (Å²) in [5.74, 6) is -0.0168. The highest BCUT2D eigenvalue weighted by molar-refractivity contribution is 7.13. The summed E-state index contributed by atoms with van der Waals surface area (Å²) in [6.07, 6.45) is 1.68. The van der Waals surface area contributed by atoms with Crippen LogP contribution in [0.15, 0.2) is 53.9 Å². The van der Waals surface area contributed by atoms with Gasteiger partial charge in [-0.1, -0.05) is 24.3 Å². The van der Waals surface area contributed by atoms with E-state index in [2.05, 4.69) is 18.1 Å². The highest BCUT2D eigenvalue weighted by Crippen LogP contribution is 2.29. The maximum Gasteiger partial charge on any atom is 0.274 e. The first-order valence-corrected chi connectivity index (χ1v) is 9.77. The van der Waals surface area contributed by atoms with Crippen LogP contribution in [0.4, 0.5) is 0 Å². The maximum atomic E-state index is 13.1. The van der Waals surface area contributed by atoms with Crippen LogP contribution in [-0.4, -0.2) is 39.2 Å². The first-order valence-electron chi connectivity index (χ1n) is 8.89. The third-order valence-electron chi connectivity index (χ3n) is 4.88. The fraction of sp³-hybridized carbons (Fsp3) is 0.300. The number of carbonyl (C=O) groups excluding carboxylic acids is 1. The summed E-state index contributed by atoms with van der Waals surface area (Å²) >= 11 is 1.64. The molecule has 1 amide bonds. The maximum absolute atomic E-state index is 13.1. The van der Waals surface area contributed by atoms with E-state index in [9.17, 15) is 4.79 Å². The largest absolute Gasteiger partial charge is 0.334 e. The minimum atomic E-state index is -0.0168. The molecule has 3 heterocycles. The lowest BCUT2D eigenvalue weighted by Crippen LogP contribution is -2.48. The number of hydrogen-bond donors (Lipinski definition) is 1. The molecule has 26 heavy (non-hydrogen) atoms. The molecular weight excluding hydrogens is 344 g/mol. The van der Waals surface area contributed by atoms with Crippen LogP contribution in [-0.2, 0) is 0 Å². The molecule has 1 aliphatic rings. The monoisotopic (exact) mass is 366 g/mol. The number of thiophene rings is 1. The smallest absolute Gasteiger partial charge is 0.274 e. The summed E-state index contributed by atoms with van der Waals surface area (Å²) in [5, 5.41) is 6.70. The summed E-state index contributed by atoms with van der Waals surface area (Å²) in [7, 11) is 0. The van der Waals surface area contributed by atoms with Crippen LogP contribution in [0.5, 0.6) is 0 Å². The minimum absolute atomic E-state index is 0.0168. The van der Waals surface area contributed by atoms with Crippen molar-refractivity contribution < 1.29 is 4.79 Å². The average Bonchev–Trinajstić information content (AvgIpc) is 3.31. The molecule has 1 aliphatic heterocycles. The van der Waals surface area contributed by atoms with Crippen LogP contribution in [0.1, 0.15) is 30.3 Å². The van der Waals surface area contributed by atoms with Crippen LogP contribution in [0.25, 0.3) is 16.3 Å². The zero-order valence-electron chi connectivity index (χ0n) is 14.7. The standard InChI is InChI=1S/C20H22N4OS/c1-14-12-15(21)9-10-23(14)20(25)17-13-18(19-8-5-11-26-19)24(22-17)16-6-3-2-4-7-16/h2-8,11,13-15H,9-10,12,21H2,1H3. The van der Waals surface area contributed by atoms with Crippen molar-refractivity contribution in [3.63, 3.8) is 0 Å². The SMILES string of the molecule is CC1CC(N)CCN1C(=O)c1cc(-c2cccs2)n(-c2ccccc2)n1. The van der Waals surface area contributed by atoms with E-state index in [1.165, 1.54) is 0 Å². The van der Waals surface area contributed by atoms with E-state index in [4.69, 9.17) is 5.73 Å². The van der Waals surface area contributed by atoms with Gasteiger partial charge in [0.25, 0.3) is 5.91 Å². The number of para-hydroxylation sites is 1. The van der Waals surface area contributed by atoms with E-state index in [1.54, 1.807) is 11.3 Å². The molecule has 0 aliphatic carbocycles. The molecule has 0 spiro atoms. The lowest BCUT2D eigenvalue weighted by molar-refractivity contribution is 0.0612. The summed E-state index contributed by atoms with van der Waals surface area (Å²) in [6, 6.07) is 16.2. The normalized spacial score (nSPS) is 20.3. The number of aromatic nitrogens is 2. The topological polar surface area (TPSA) is 64.2 Å². The quantitative estimate of drug-likeness (QED) is 0.771. The molecule has 3 aromatic rings. The molecule has 1 fully saturated rings. The van der Waals surface area contributed by atoms with E-state index in [-0.39, 0.29) is 18.0 Å². The second-order valence-electron chi connectivity index (χ2n) is 6.77. The number of nitrogens with zero attached hydrogens (tertiary/aromatic N) is 3. The van der Waals surface area contributed by atoms with Gasteiger partial charge in [-0.25, -0.2) is 4.68 Å². The second-order valence-corrected chi connectivity index (χ2v) is 7.72. The second kappa shape index (κ2) is 7.05. The van der Waals surface area contributed by atoms with Gasteiger partial charge < -0.3 is 10.6 Å². The van der Waals surface area contributed by atoms with E-state index in [0.717, 1.165) is 29.1 Å². The lowest BCUT2D eigenvalue weighted by Gasteiger charge is -2.35. The molecule has 2 aromatic heterocycles. The number of rotatable bonds is 3. The molecule has 0 bridgehead atoms. The molecule has 2 unspecified atom stereocenters. The Morgan fingerprint density at radius 1 is 1.23 bits per heavy atom. The predicted molar refractivity (Wildman–Crippen MR) is 105 cm³/mol. The summed E-state index contributed by atoms with van der Waals surface area (Å²) < 4.78 is 1.86. The number of piperidine rings is 1. The number of benzene rings is 1. The van der Waals surface area contributed by atoms with Gasteiger partial charge in [-0.2, -0.15) is 5.10 Å². The van der Waals surface area contributed by atoms with Gasteiger partial charge in [0, 0.05) is 18.6 Å². The first-order chi connectivity index (χ1) is 12.6. The number of amides is 1. The van der Waals surface area contributed by atoms with Crippen LogP contribution in [0, 0.1) is 0 Å². The Morgan fingerprint density at radius 2 is 2.04 bits per heavy atom. The van der Waals surface area contributed by atoms with Crippen molar-refractivity contribution in [2.24, 2.45) is 5.73 Å². The zero-order valence-corrected chi connectivity index (χ0v) is 15.5. The molecule has 5 nitrogen and oxygen atoms in total. The van der Waals surface area contributed by atoms with E-state index in [0.29, 0.717) is 12.2 Å². The fourth-order valence-electron chi connectivity index (χ4n) is 3.51. The number of hydrogen-bond acceptors (Lipinski definition) is 4. The van der Waals surface area contributed by atoms with Crippen molar-refractivity contribution in [2.45, 2.75) is 31.8 Å². The molecule has 2 N–H and O–H groups in total. The van der Waals surface area contributed by atoms with Crippen LogP contribution < -0.4 is 5.73 Å². The summed E-state index contributed by atoms with van der Waals surface area (Å²) in [6.45, 7) is 2.75. The van der Waals surface area contributed by atoms with E-state index < -0.39 is 0 Å². The van der Waals surface area contributed by atoms with E-state index >= 15 is 0 Å². The van der Waals surface area contributed by atoms with Gasteiger partial charge in [0.2, 0.25) is 0 Å². The molecule has 1 saturated heterocycles. The molecule has 6 heteroatoms. The van der Waals surface area contributed by atoms with Crippen molar-refractivity contribution >= 4 is 17.2 Å². The van der Waals surface area contributed by atoms with Crippen molar-refractivity contribution in [3.8, 4) is 16.3 Å². The lowest BCUT2D eigenvalue weighted by atomic mass is 9.99. The van der Waals surface area contributed by atoms with Crippen LogP contribution in [0.2, 0.25) is 0 Å². The van der Waals surface area contributed by atoms with Crippen molar-refractivity contribution in [1.29, 1.82) is 0 Å². The Labute approximate surface area is 157 Å². The Morgan fingerprint density at radius 3 is 2.73 bits per heavy atom. The van der Waals surface area contributed by atoms with Crippen molar-refractivity contribution in [2.75, 3.05) is 6.54 Å². The molecule has 0 saturated carbocycles. The average molecular weight is 366 g/mol. The van der Waals surface area contributed by atoms with Gasteiger partial charge in [0.05, 0.1) is 16.3 Å². The third kappa shape index (κ3) is 3.18. The molecule has 4 rings (SSSR count). The van der Waals surface area contributed by atoms with Gasteiger partial charge in [-0.15, -0.1) is 11.3 Å². The first kappa shape index (κ1) is 17.0. The Kier molecular flexibility index (Phi) is 4.61. The number of carbonyl (C=O) groups is 1. The highest BCUT2D eigenvalue weighted by Gasteiger charge is 2.30. The number of nitrogens with two attached hydrogens (primary N) is 1. The Balaban J connectivity index is 1.73. The van der Waals surface area contributed by atoms with E-state index in [1.807, 2.05) is 57.4 Å².